The standard InChI is InChI=1S/C20H22Cl2N2O3/c1-11-7-12(2)19(13(3)8-11)24-18(25)10-23-20(26)14(4)27-17-6-5-15(21)9-16(17)22/h5-9,14H,10H2,1-4H3,(H,23,26)(H,24,25). The van der Waals surface area contributed by atoms with Crippen LogP contribution in [0, 0.1) is 20.8 Å². The van der Waals surface area contributed by atoms with Crippen molar-refractivity contribution in [3.05, 3.63) is 57.1 Å². The zero-order valence-electron chi connectivity index (χ0n) is 15.7. The van der Waals surface area contributed by atoms with E-state index in [0.717, 1.165) is 22.4 Å². The number of amides is 2. The fraction of sp³-hybridized carbons (Fsp3) is 0.300. The Kier molecular flexibility index (Phi) is 7.11. The highest BCUT2D eigenvalue weighted by molar-refractivity contribution is 6.35. The smallest absolute Gasteiger partial charge is 0.261 e. The number of carbonyl (C=O) groups excluding carboxylic acids is 2. The Morgan fingerprint density at radius 3 is 2.30 bits per heavy atom. The second-order valence-electron chi connectivity index (χ2n) is 6.37. The summed E-state index contributed by atoms with van der Waals surface area (Å²) in [5, 5.41) is 6.18. The molecule has 2 N–H and O–H groups in total. The van der Waals surface area contributed by atoms with Crippen molar-refractivity contribution in [3.8, 4) is 5.75 Å². The number of halogens is 2. The van der Waals surface area contributed by atoms with Crippen LogP contribution in [0.3, 0.4) is 0 Å². The van der Waals surface area contributed by atoms with Gasteiger partial charge in [0.2, 0.25) is 5.91 Å². The Hall–Kier alpha value is -2.24. The maximum Gasteiger partial charge on any atom is 0.261 e. The number of ether oxygens (including phenoxy) is 1. The van der Waals surface area contributed by atoms with Crippen molar-refractivity contribution in [2.75, 3.05) is 11.9 Å². The molecule has 2 aromatic carbocycles. The van der Waals surface area contributed by atoms with Crippen LogP contribution in [0.4, 0.5) is 5.69 Å². The maximum atomic E-state index is 12.2. The van der Waals surface area contributed by atoms with Gasteiger partial charge in [-0.15, -0.1) is 0 Å². The molecular weight excluding hydrogens is 387 g/mol. The van der Waals surface area contributed by atoms with Crippen LogP contribution in [0.2, 0.25) is 10.0 Å². The first kappa shape index (κ1) is 21.1. The first-order valence-electron chi connectivity index (χ1n) is 8.44. The van der Waals surface area contributed by atoms with E-state index in [4.69, 9.17) is 27.9 Å². The fourth-order valence-electron chi connectivity index (χ4n) is 2.69. The van der Waals surface area contributed by atoms with Crippen molar-refractivity contribution in [2.45, 2.75) is 33.8 Å². The van der Waals surface area contributed by atoms with Gasteiger partial charge >= 0.3 is 0 Å². The molecule has 0 aliphatic rings. The number of aryl methyl sites for hydroxylation is 3. The second kappa shape index (κ2) is 9.11. The number of anilines is 1. The largest absolute Gasteiger partial charge is 0.479 e. The molecule has 0 aliphatic heterocycles. The van der Waals surface area contributed by atoms with Gasteiger partial charge in [-0.1, -0.05) is 40.9 Å². The summed E-state index contributed by atoms with van der Waals surface area (Å²) in [5.41, 5.74) is 3.84. The van der Waals surface area contributed by atoms with Crippen molar-refractivity contribution in [1.82, 2.24) is 5.32 Å². The average Bonchev–Trinajstić information content (AvgIpc) is 2.58. The molecule has 0 bridgehead atoms. The van der Waals surface area contributed by atoms with Gasteiger partial charge in [0.25, 0.3) is 5.91 Å². The molecule has 5 nitrogen and oxygen atoms in total. The zero-order chi connectivity index (χ0) is 20.1. The third-order valence-corrected chi connectivity index (χ3v) is 4.46. The lowest BCUT2D eigenvalue weighted by molar-refractivity contribution is -0.129. The summed E-state index contributed by atoms with van der Waals surface area (Å²) in [7, 11) is 0. The van der Waals surface area contributed by atoms with Crippen LogP contribution in [0.25, 0.3) is 0 Å². The van der Waals surface area contributed by atoms with Gasteiger partial charge in [0, 0.05) is 10.7 Å². The molecule has 2 rings (SSSR count). The topological polar surface area (TPSA) is 67.4 Å². The Morgan fingerprint density at radius 1 is 1.07 bits per heavy atom. The first-order valence-corrected chi connectivity index (χ1v) is 9.20. The highest BCUT2D eigenvalue weighted by Gasteiger charge is 2.17. The average molecular weight is 409 g/mol. The minimum absolute atomic E-state index is 0.159. The van der Waals surface area contributed by atoms with Crippen molar-refractivity contribution in [3.63, 3.8) is 0 Å². The summed E-state index contributed by atoms with van der Waals surface area (Å²) in [6.45, 7) is 7.28. The Balaban J connectivity index is 1.90. The van der Waals surface area contributed by atoms with Crippen molar-refractivity contribution >= 4 is 40.7 Å². The first-order chi connectivity index (χ1) is 12.7. The molecule has 1 unspecified atom stereocenters. The van der Waals surface area contributed by atoms with E-state index in [2.05, 4.69) is 10.6 Å². The lowest BCUT2D eigenvalue weighted by atomic mass is 10.1. The summed E-state index contributed by atoms with van der Waals surface area (Å²) in [5.74, 6) is -0.386. The molecule has 0 fully saturated rings. The third-order valence-electron chi connectivity index (χ3n) is 3.93. The molecule has 0 radical (unpaired) electrons. The van der Waals surface area contributed by atoms with Gasteiger partial charge in [0.15, 0.2) is 6.10 Å². The van der Waals surface area contributed by atoms with Crippen LogP contribution in [0.5, 0.6) is 5.75 Å². The molecule has 0 aliphatic carbocycles. The molecule has 144 valence electrons. The Labute approximate surface area is 169 Å². The van der Waals surface area contributed by atoms with Crippen molar-refractivity contribution in [1.29, 1.82) is 0 Å². The SMILES string of the molecule is Cc1cc(C)c(NC(=O)CNC(=O)C(C)Oc2ccc(Cl)cc2Cl)c(C)c1. The van der Waals surface area contributed by atoms with Gasteiger partial charge in [-0.3, -0.25) is 9.59 Å². The number of carbonyl (C=O) groups is 2. The van der Waals surface area contributed by atoms with E-state index < -0.39 is 12.0 Å². The Bertz CT molecular complexity index is 845. The minimum atomic E-state index is -0.820. The third kappa shape index (κ3) is 5.88. The van der Waals surface area contributed by atoms with Crippen LogP contribution < -0.4 is 15.4 Å². The van der Waals surface area contributed by atoms with Gasteiger partial charge in [-0.25, -0.2) is 0 Å². The number of benzene rings is 2. The van der Waals surface area contributed by atoms with Crippen molar-refractivity contribution in [2.24, 2.45) is 0 Å². The van der Waals surface area contributed by atoms with Crippen molar-refractivity contribution < 1.29 is 14.3 Å². The lowest BCUT2D eigenvalue weighted by Crippen LogP contribution is -2.40. The van der Waals surface area contributed by atoms with E-state index >= 15 is 0 Å². The quantitative estimate of drug-likeness (QED) is 0.741. The molecule has 1 atom stereocenters. The maximum absolute atomic E-state index is 12.2. The van der Waals surface area contributed by atoms with E-state index in [0.29, 0.717) is 15.8 Å². The molecule has 0 spiro atoms. The van der Waals surface area contributed by atoms with E-state index in [1.807, 2.05) is 32.9 Å². The fourth-order valence-corrected chi connectivity index (χ4v) is 3.14. The van der Waals surface area contributed by atoms with Gasteiger partial charge in [-0.2, -0.15) is 0 Å². The molecular formula is C20H22Cl2N2O3. The highest BCUT2D eigenvalue weighted by atomic mass is 35.5. The minimum Gasteiger partial charge on any atom is -0.479 e. The van der Waals surface area contributed by atoms with Crippen LogP contribution in [0.1, 0.15) is 23.6 Å². The number of nitrogens with one attached hydrogen (secondary N) is 2. The molecule has 27 heavy (non-hydrogen) atoms. The van der Waals surface area contributed by atoms with E-state index in [1.165, 1.54) is 6.07 Å². The normalized spacial score (nSPS) is 11.6. The Morgan fingerprint density at radius 2 is 1.70 bits per heavy atom. The number of hydrogen-bond acceptors (Lipinski definition) is 3. The summed E-state index contributed by atoms with van der Waals surface area (Å²) in [4.78, 5) is 24.4. The van der Waals surface area contributed by atoms with Crippen LogP contribution in [-0.4, -0.2) is 24.5 Å². The molecule has 2 amide bonds. The molecule has 0 saturated heterocycles. The van der Waals surface area contributed by atoms with Gasteiger partial charge in [-0.05, 0) is 57.0 Å². The van der Waals surface area contributed by atoms with E-state index in [-0.39, 0.29) is 12.5 Å². The van der Waals surface area contributed by atoms with Crippen LogP contribution >= 0.6 is 23.2 Å². The second-order valence-corrected chi connectivity index (χ2v) is 7.22. The summed E-state index contributed by atoms with van der Waals surface area (Å²) in [6.07, 6.45) is -0.820. The van der Waals surface area contributed by atoms with Gasteiger partial charge < -0.3 is 15.4 Å². The summed E-state index contributed by atoms with van der Waals surface area (Å²) < 4.78 is 5.53. The van der Waals surface area contributed by atoms with Gasteiger partial charge in [0.1, 0.15) is 5.75 Å². The summed E-state index contributed by atoms with van der Waals surface area (Å²) >= 11 is 11.9. The predicted molar refractivity (Wildman–Crippen MR) is 109 cm³/mol. The van der Waals surface area contributed by atoms with E-state index in [1.54, 1.807) is 19.1 Å². The summed E-state index contributed by atoms with van der Waals surface area (Å²) in [6, 6.07) is 8.72. The van der Waals surface area contributed by atoms with Gasteiger partial charge in [0.05, 0.1) is 11.6 Å². The molecule has 2 aromatic rings. The molecule has 0 aromatic heterocycles. The van der Waals surface area contributed by atoms with Crippen LogP contribution in [-0.2, 0) is 9.59 Å². The molecule has 0 heterocycles. The lowest BCUT2D eigenvalue weighted by Gasteiger charge is -2.16. The molecule has 0 saturated carbocycles. The van der Waals surface area contributed by atoms with E-state index in [9.17, 15) is 9.59 Å². The molecule has 7 heteroatoms. The highest BCUT2D eigenvalue weighted by Crippen LogP contribution is 2.28. The number of rotatable bonds is 6. The number of hydrogen-bond donors (Lipinski definition) is 2. The monoisotopic (exact) mass is 408 g/mol. The predicted octanol–water partition coefficient (Wildman–Crippen LogP) is 4.44. The zero-order valence-corrected chi connectivity index (χ0v) is 17.2. The van der Waals surface area contributed by atoms with Crippen LogP contribution in [0.15, 0.2) is 30.3 Å².